The molecular weight excluding hydrogens is 366 g/mol. The molecule has 7 heteroatoms. The SMILES string of the molecule is CCN1C(=O)C(Nc2cccc(F)c2)=C(c2ccc(Cl)cc2Cl)C1=O. The van der Waals surface area contributed by atoms with Crippen LogP contribution in [0.25, 0.3) is 5.57 Å². The minimum Gasteiger partial charge on any atom is -0.350 e. The molecule has 0 saturated carbocycles. The van der Waals surface area contributed by atoms with Crippen LogP contribution < -0.4 is 5.32 Å². The van der Waals surface area contributed by atoms with Gasteiger partial charge in [0.25, 0.3) is 11.8 Å². The molecule has 2 aromatic carbocycles. The molecule has 1 aliphatic rings. The van der Waals surface area contributed by atoms with Crippen LogP contribution in [0.5, 0.6) is 0 Å². The zero-order valence-electron chi connectivity index (χ0n) is 13.1. The Hall–Kier alpha value is -2.37. The van der Waals surface area contributed by atoms with Gasteiger partial charge in [0.05, 0.1) is 10.6 Å². The van der Waals surface area contributed by atoms with Gasteiger partial charge in [-0.3, -0.25) is 14.5 Å². The molecule has 25 heavy (non-hydrogen) atoms. The van der Waals surface area contributed by atoms with Crippen molar-refractivity contribution < 1.29 is 14.0 Å². The summed E-state index contributed by atoms with van der Waals surface area (Å²) in [5, 5.41) is 3.52. The van der Waals surface area contributed by atoms with E-state index in [4.69, 9.17) is 23.2 Å². The summed E-state index contributed by atoms with van der Waals surface area (Å²) in [5.74, 6) is -1.41. The quantitative estimate of drug-likeness (QED) is 0.804. The second-order valence-electron chi connectivity index (χ2n) is 5.36. The number of halogens is 3. The molecule has 0 aliphatic carbocycles. The molecule has 0 unspecified atom stereocenters. The summed E-state index contributed by atoms with van der Waals surface area (Å²) in [5.41, 5.74) is 0.940. The Kier molecular flexibility index (Phi) is 4.79. The Bertz CT molecular complexity index is 912. The number of benzene rings is 2. The van der Waals surface area contributed by atoms with E-state index < -0.39 is 17.6 Å². The fourth-order valence-corrected chi connectivity index (χ4v) is 3.13. The van der Waals surface area contributed by atoms with Gasteiger partial charge >= 0.3 is 0 Å². The lowest BCUT2D eigenvalue weighted by Crippen LogP contribution is -2.32. The molecule has 1 aliphatic heterocycles. The number of rotatable bonds is 4. The number of carbonyl (C=O) groups is 2. The van der Waals surface area contributed by atoms with Crippen molar-refractivity contribution in [2.24, 2.45) is 0 Å². The lowest BCUT2D eigenvalue weighted by atomic mass is 10.0. The monoisotopic (exact) mass is 378 g/mol. The van der Waals surface area contributed by atoms with Crippen molar-refractivity contribution in [3.8, 4) is 0 Å². The summed E-state index contributed by atoms with van der Waals surface area (Å²) < 4.78 is 13.4. The minimum atomic E-state index is -0.488. The van der Waals surface area contributed by atoms with Gasteiger partial charge in [-0.15, -0.1) is 0 Å². The van der Waals surface area contributed by atoms with Gasteiger partial charge in [0.15, 0.2) is 0 Å². The van der Waals surface area contributed by atoms with Crippen molar-refractivity contribution in [2.45, 2.75) is 6.92 Å². The average Bonchev–Trinajstić information content (AvgIpc) is 2.78. The maximum absolute atomic E-state index is 13.4. The van der Waals surface area contributed by atoms with E-state index in [1.807, 2.05) is 0 Å². The molecule has 0 spiro atoms. The molecule has 0 bridgehead atoms. The standard InChI is InChI=1S/C18H13Cl2FN2O2/c1-2-23-17(24)15(13-7-6-10(19)8-14(13)20)16(18(23)25)22-12-5-3-4-11(21)9-12/h3-9,22H,2H2,1H3. The number of carbonyl (C=O) groups excluding carboxylic acids is 2. The van der Waals surface area contributed by atoms with E-state index in [-0.39, 0.29) is 22.8 Å². The van der Waals surface area contributed by atoms with Crippen molar-refractivity contribution in [3.63, 3.8) is 0 Å². The first-order valence-electron chi connectivity index (χ1n) is 7.51. The van der Waals surface area contributed by atoms with Gasteiger partial charge in [0.1, 0.15) is 11.5 Å². The Morgan fingerprint density at radius 2 is 1.84 bits per heavy atom. The van der Waals surface area contributed by atoms with Crippen LogP contribution in [0, 0.1) is 5.82 Å². The van der Waals surface area contributed by atoms with E-state index in [1.54, 1.807) is 25.1 Å². The molecule has 3 rings (SSSR count). The molecule has 2 amide bonds. The predicted molar refractivity (Wildman–Crippen MR) is 95.8 cm³/mol. The third-order valence-electron chi connectivity index (χ3n) is 3.78. The number of likely N-dealkylation sites (N-methyl/N-ethyl adjacent to an activating group) is 1. The van der Waals surface area contributed by atoms with Crippen molar-refractivity contribution in [1.82, 2.24) is 4.90 Å². The van der Waals surface area contributed by atoms with Gasteiger partial charge < -0.3 is 5.32 Å². The first kappa shape index (κ1) is 17.5. The summed E-state index contributed by atoms with van der Waals surface area (Å²) in [7, 11) is 0. The largest absolute Gasteiger partial charge is 0.350 e. The van der Waals surface area contributed by atoms with Crippen molar-refractivity contribution in [2.75, 3.05) is 11.9 Å². The van der Waals surface area contributed by atoms with E-state index in [1.165, 1.54) is 24.3 Å². The van der Waals surface area contributed by atoms with Crippen molar-refractivity contribution in [1.29, 1.82) is 0 Å². The number of hydrogen-bond donors (Lipinski definition) is 1. The summed E-state index contributed by atoms with van der Waals surface area (Å²) in [6.07, 6.45) is 0. The zero-order chi connectivity index (χ0) is 18.1. The molecule has 0 atom stereocenters. The van der Waals surface area contributed by atoms with Crippen LogP contribution in [0.4, 0.5) is 10.1 Å². The van der Waals surface area contributed by atoms with Gasteiger partial charge in [-0.1, -0.05) is 35.3 Å². The summed E-state index contributed by atoms with van der Waals surface area (Å²) >= 11 is 12.1. The van der Waals surface area contributed by atoms with Crippen molar-refractivity contribution >= 4 is 46.3 Å². The third kappa shape index (κ3) is 3.25. The molecule has 0 fully saturated rings. The number of nitrogens with one attached hydrogen (secondary N) is 1. The molecule has 0 saturated heterocycles. The maximum Gasteiger partial charge on any atom is 0.278 e. The fraction of sp³-hybridized carbons (Fsp3) is 0.111. The van der Waals surface area contributed by atoms with E-state index in [9.17, 15) is 14.0 Å². The van der Waals surface area contributed by atoms with Crippen LogP contribution in [-0.4, -0.2) is 23.3 Å². The Labute approximate surface area is 153 Å². The highest BCUT2D eigenvalue weighted by Crippen LogP contribution is 2.35. The lowest BCUT2D eigenvalue weighted by Gasteiger charge is -2.12. The Morgan fingerprint density at radius 1 is 1.08 bits per heavy atom. The van der Waals surface area contributed by atoms with E-state index in [2.05, 4.69) is 5.32 Å². The fourth-order valence-electron chi connectivity index (χ4n) is 2.63. The summed E-state index contributed by atoms with van der Waals surface area (Å²) in [4.78, 5) is 26.4. The van der Waals surface area contributed by atoms with Gasteiger partial charge in [-0.25, -0.2) is 4.39 Å². The molecular formula is C18H13Cl2FN2O2. The topological polar surface area (TPSA) is 49.4 Å². The van der Waals surface area contributed by atoms with Crippen LogP contribution in [-0.2, 0) is 9.59 Å². The summed E-state index contributed by atoms with van der Waals surface area (Å²) in [6.45, 7) is 1.91. The number of amides is 2. The predicted octanol–water partition coefficient (Wildman–Crippen LogP) is 4.34. The zero-order valence-corrected chi connectivity index (χ0v) is 14.7. The van der Waals surface area contributed by atoms with Crippen molar-refractivity contribution in [3.05, 3.63) is 69.6 Å². The van der Waals surface area contributed by atoms with E-state index in [0.717, 1.165) is 4.90 Å². The van der Waals surface area contributed by atoms with E-state index in [0.29, 0.717) is 16.3 Å². The lowest BCUT2D eigenvalue weighted by molar-refractivity contribution is -0.136. The normalized spacial score (nSPS) is 14.5. The molecule has 0 aromatic heterocycles. The van der Waals surface area contributed by atoms with Crippen LogP contribution in [0.3, 0.4) is 0 Å². The summed E-state index contributed by atoms with van der Waals surface area (Å²) in [6, 6.07) is 10.3. The average molecular weight is 379 g/mol. The number of hydrogen-bond acceptors (Lipinski definition) is 3. The molecule has 128 valence electrons. The van der Waals surface area contributed by atoms with Gasteiger partial charge in [-0.05, 0) is 37.3 Å². The van der Waals surface area contributed by atoms with Crippen LogP contribution in [0.1, 0.15) is 12.5 Å². The van der Waals surface area contributed by atoms with Crippen LogP contribution >= 0.6 is 23.2 Å². The molecule has 0 radical (unpaired) electrons. The number of nitrogens with zero attached hydrogens (tertiary/aromatic N) is 1. The smallest absolute Gasteiger partial charge is 0.278 e. The van der Waals surface area contributed by atoms with Crippen LogP contribution in [0.2, 0.25) is 10.0 Å². The second-order valence-corrected chi connectivity index (χ2v) is 6.21. The van der Waals surface area contributed by atoms with Gasteiger partial charge in [-0.2, -0.15) is 0 Å². The highest BCUT2D eigenvalue weighted by molar-refractivity contribution is 6.41. The third-order valence-corrected chi connectivity index (χ3v) is 4.33. The number of anilines is 1. The molecule has 1 N–H and O–H groups in total. The second kappa shape index (κ2) is 6.86. The molecule has 4 nitrogen and oxygen atoms in total. The Morgan fingerprint density at radius 3 is 2.48 bits per heavy atom. The first-order chi connectivity index (χ1) is 11.9. The van der Waals surface area contributed by atoms with E-state index >= 15 is 0 Å². The van der Waals surface area contributed by atoms with Gasteiger partial charge in [0, 0.05) is 22.8 Å². The van der Waals surface area contributed by atoms with Gasteiger partial charge in [0.2, 0.25) is 0 Å². The highest BCUT2D eigenvalue weighted by Gasteiger charge is 2.39. The molecule has 2 aromatic rings. The maximum atomic E-state index is 13.4. The highest BCUT2D eigenvalue weighted by atomic mass is 35.5. The van der Waals surface area contributed by atoms with Crippen LogP contribution in [0.15, 0.2) is 48.2 Å². The Balaban J connectivity index is 2.14. The minimum absolute atomic E-state index is 0.0571. The first-order valence-corrected chi connectivity index (χ1v) is 8.26. The number of imide groups is 1. The molecule has 1 heterocycles.